The van der Waals surface area contributed by atoms with E-state index in [0.29, 0.717) is 11.3 Å². The molecule has 2 N–H and O–H groups in total. The number of nitrogens with zero attached hydrogens (tertiary/aromatic N) is 4. The van der Waals surface area contributed by atoms with E-state index in [1.807, 2.05) is 0 Å². The predicted octanol–water partition coefficient (Wildman–Crippen LogP) is 2.46. The highest BCUT2D eigenvalue weighted by Crippen LogP contribution is 2.43. The summed E-state index contributed by atoms with van der Waals surface area (Å²) >= 11 is 0. The van der Waals surface area contributed by atoms with Crippen molar-refractivity contribution < 1.29 is 42.5 Å². The van der Waals surface area contributed by atoms with E-state index in [9.17, 15) is 14.4 Å². The van der Waals surface area contributed by atoms with E-state index >= 15 is 4.39 Å². The molecule has 214 valence electrons. The minimum atomic E-state index is -2.85. The number of methoxy groups -OCH3 is 1. The Hall–Kier alpha value is -3.81. The number of imidazole rings is 1. The third kappa shape index (κ3) is 6.61. The molecule has 14 heteroatoms. The molecule has 1 unspecified atom stereocenters. The minimum absolute atomic E-state index is 0.0113. The lowest BCUT2D eigenvalue weighted by atomic mass is 10.1. The van der Waals surface area contributed by atoms with Crippen molar-refractivity contribution in [3.63, 3.8) is 0 Å². The van der Waals surface area contributed by atoms with Crippen LogP contribution >= 0.6 is 0 Å². The second-order valence-electron chi connectivity index (χ2n) is 9.98. The summed E-state index contributed by atoms with van der Waals surface area (Å²) in [5, 5.41) is 0. The van der Waals surface area contributed by atoms with E-state index in [2.05, 4.69) is 15.0 Å². The molecule has 2 aromatic heterocycles. The van der Waals surface area contributed by atoms with Crippen LogP contribution in [0.5, 0.6) is 5.88 Å². The quantitative estimate of drug-likeness (QED) is 0.339. The number of carbonyl (C=O) groups excluding carboxylic acids is 3. The van der Waals surface area contributed by atoms with Gasteiger partial charge in [0.1, 0.15) is 0 Å². The second kappa shape index (κ2) is 11.9. The van der Waals surface area contributed by atoms with E-state index in [1.165, 1.54) is 30.4 Å². The van der Waals surface area contributed by atoms with Gasteiger partial charge >= 0.3 is 17.9 Å². The summed E-state index contributed by atoms with van der Waals surface area (Å²) in [7, 11) is 1.40. The number of anilines is 1. The van der Waals surface area contributed by atoms with Gasteiger partial charge in [0.25, 0.3) is 5.85 Å². The molecule has 0 spiro atoms. The summed E-state index contributed by atoms with van der Waals surface area (Å²) in [6.45, 7) is 8.57. The van der Waals surface area contributed by atoms with Crippen molar-refractivity contribution in [1.82, 2.24) is 19.5 Å². The van der Waals surface area contributed by atoms with Gasteiger partial charge in [0.2, 0.25) is 17.9 Å². The van der Waals surface area contributed by atoms with E-state index in [4.69, 9.17) is 29.4 Å². The van der Waals surface area contributed by atoms with Gasteiger partial charge in [0, 0.05) is 12.4 Å². The maximum absolute atomic E-state index is 16.5. The van der Waals surface area contributed by atoms with E-state index in [-0.39, 0.29) is 11.8 Å². The molecule has 0 aliphatic carbocycles. The van der Waals surface area contributed by atoms with Gasteiger partial charge in [-0.1, -0.05) is 41.5 Å². The van der Waals surface area contributed by atoms with Crippen LogP contribution in [0, 0.1) is 17.8 Å². The van der Waals surface area contributed by atoms with Gasteiger partial charge in [-0.15, -0.1) is 0 Å². The molecule has 1 fully saturated rings. The van der Waals surface area contributed by atoms with Crippen LogP contribution in [-0.2, 0) is 33.3 Å². The maximum atomic E-state index is 16.5. The molecule has 13 nitrogen and oxygen atoms in total. The van der Waals surface area contributed by atoms with Gasteiger partial charge < -0.3 is 34.0 Å². The Balaban J connectivity index is 2.05. The number of rotatable bonds is 10. The Labute approximate surface area is 225 Å². The summed E-state index contributed by atoms with van der Waals surface area (Å²) in [6.07, 6.45) is -0.415. The Bertz CT molecular complexity index is 1200. The van der Waals surface area contributed by atoms with Crippen molar-refractivity contribution in [3.8, 4) is 17.1 Å². The molecule has 1 aliphatic rings. The summed E-state index contributed by atoms with van der Waals surface area (Å²) in [5.41, 5.74) is 6.32. The SMILES string of the molecule is COc1nc(N)ncc1-c1cn([C@@H]2O[C@](F)(COC(=O)C(C)C)C(OC(=O)C(C)C)[C@@H]2OC(=O)C(C)C)cn1. The minimum Gasteiger partial charge on any atom is -0.480 e. The molecule has 0 amide bonds. The number of esters is 3. The third-order valence-corrected chi connectivity index (χ3v) is 5.78. The fourth-order valence-corrected chi connectivity index (χ4v) is 3.54. The lowest BCUT2D eigenvalue weighted by Crippen LogP contribution is -2.48. The zero-order chi connectivity index (χ0) is 29.1. The fraction of sp³-hybridized carbons (Fsp3) is 0.600. The fourth-order valence-electron chi connectivity index (χ4n) is 3.54. The number of nitrogen functional groups attached to an aromatic ring is 1. The van der Waals surface area contributed by atoms with Gasteiger partial charge in [0.05, 0.1) is 42.4 Å². The predicted molar refractivity (Wildman–Crippen MR) is 133 cm³/mol. The topological polar surface area (TPSA) is 167 Å². The van der Waals surface area contributed by atoms with Crippen molar-refractivity contribution in [2.45, 2.75) is 65.8 Å². The Morgan fingerprint density at radius 2 is 1.67 bits per heavy atom. The number of nitrogens with two attached hydrogens (primary N) is 1. The van der Waals surface area contributed by atoms with Crippen LogP contribution in [0.2, 0.25) is 0 Å². The maximum Gasteiger partial charge on any atom is 0.308 e. The smallest absolute Gasteiger partial charge is 0.308 e. The molecule has 4 atom stereocenters. The molecule has 0 bridgehead atoms. The molecule has 1 saturated heterocycles. The highest BCUT2D eigenvalue weighted by molar-refractivity contribution is 5.73. The van der Waals surface area contributed by atoms with Crippen molar-refractivity contribution >= 4 is 23.9 Å². The lowest BCUT2D eigenvalue weighted by Gasteiger charge is -2.28. The van der Waals surface area contributed by atoms with E-state index < -0.39 is 66.6 Å². The average Bonchev–Trinajstić information content (AvgIpc) is 3.46. The number of aromatic nitrogens is 4. The van der Waals surface area contributed by atoms with Gasteiger partial charge in [-0.25, -0.2) is 14.4 Å². The number of hydrogen-bond donors (Lipinski definition) is 1. The number of ether oxygens (including phenoxy) is 5. The Morgan fingerprint density at radius 1 is 1.05 bits per heavy atom. The van der Waals surface area contributed by atoms with Crippen molar-refractivity contribution in [1.29, 1.82) is 0 Å². The highest BCUT2D eigenvalue weighted by Gasteiger charge is 2.62. The first kappa shape index (κ1) is 29.7. The Morgan fingerprint density at radius 3 is 2.26 bits per heavy atom. The first-order valence-corrected chi connectivity index (χ1v) is 12.4. The number of alkyl halides is 1. The van der Waals surface area contributed by atoms with Crippen LogP contribution in [0.1, 0.15) is 47.8 Å². The molecule has 0 saturated carbocycles. The van der Waals surface area contributed by atoms with Crippen LogP contribution in [-0.4, -0.2) is 69.2 Å². The van der Waals surface area contributed by atoms with Crippen LogP contribution in [0.15, 0.2) is 18.7 Å². The Kier molecular flexibility index (Phi) is 9.10. The molecule has 1 aliphatic heterocycles. The van der Waals surface area contributed by atoms with Crippen molar-refractivity contribution in [2.24, 2.45) is 17.8 Å². The number of halogens is 1. The van der Waals surface area contributed by atoms with Crippen LogP contribution < -0.4 is 10.5 Å². The summed E-state index contributed by atoms with van der Waals surface area (Å²) in [5.74, 6) is -6.63. The zero-order valence-corrected chi connectivity index (χ0v) is 22.9. The summed E-state index contributed by atoms with van der Waals surface area (Å²) < 4.78 is 45.0. The standard InChI is InChI=1S/C25H34FN5O8/c1-12(2)21(32)36-10-25(26)18(38-23(34)14(5)6)17(37-22(33)13(3)4)20(39-25)31-9-16(29-11-31)15-8-28-24(27)30-19(15)35-7/h8-9,11-14,17-18,20H,10H2,1-7H3,(H2,27,28,30)/t17-,18?,20+,25+/m0/s1. The highest BCUT2D eigenvalue weighted by atomic mass is 19.2. The largest absolute Gasteiger partial charge is 0.480 e. The summed E-state index contributed by atoms with van der Waals surface area (Å²) in [4.78, 5) is 49.6. The van der Waals surface area contributed by atoms with Gasteiger partial charge in [0.15, 0.2) is 18.9 Å². The first-order chi connectivity index (χ1) is 18.3. The van der Waals surface area contributed by atoms with Crippen molar-refractivity contribution in [2.75, 3.05) is 19.5 Å². The average molecular weight is 552 g/mol. The number of carbonyl (C=O) groups is 3. The van der Waals surface area contributed by atoms with Crippen LogP contribution in [0.4, 0.5) is 10.3 Å². The molecular weight excluding hydrogens is 517 g/mol. The van der Waals surface area contributed by atoms with E-state index in [0.717, 1.165) is 0 Å². The molecule has 3 rings (SSSR count). The van der Waals surface area contributed by atoms with E-state index in [1.54, 1.807) is 41.5 Å². The lowest BCUT2D eigenvalue weighted by molar-refractivity contribution is -0.226. The molecule has 2 aromatic rings. The van der Waals surface area contributed by atoms with Crippen LogP contribution in [0.3, 0.4) is 0 Å². The number of hydrogen-bond acceptors (Lipinski definition) is 12. The zero-order valence-electron chi connectivity index (χ0n) is 22.9. The molecular formula is C25H34FN5O8. The van der Waals surface area contributed by atoms with Crippen LogP contribution in [0.25, 0.3) is 11.3 Å². The molecule has 0 radical (unpaired) electrons. The normalized spacial score (nSPS) is 22.8. The van der Waals surface area contributed by atoms with Gasteiger partial charge in [-0.2, -0.15) is 4.98 Å². The van der Waals surface area contributed by atoms with Gasteiger partial charge in [-0.3, -0.25) is 14.4 Å². The second-order valence-corrected chi connectivity index (χ2v) is 9.98. The third-order valence-electron chi connectivity index (χ3n) is 5.78. The molecule has 3 heterocycles. The summed E-state index contributed by atoms with van der Waals surface area (Å²) in [6, 6.07) is 0. The van der Waals surface area contributed by atoms with Crippen molar-refractivity contribution in [3.05, 3.63) is 18.7 Å². The van der Waals surface area contributed by atoms with Gasteiger partial charge in [-0.05, 0) is 0 Å². The molecule has 39 heavy (non-hydrogen) atoms. The molecule has 0 aromatic carbocycles. The first-order valence-electron chi connectivity index (χ1n) is 12.4. The monoisotopic (exact) mass is 551 g/mol.